The maximum absolute atomic E-state index is 13.5. The summed E-state index contributed by atoms with van der Waals surface area (Å²) in [4.78, 5) is 15.5. The molecule has 2 rings (SSSR count). The molecule has 0 aliphatic rings. The summed E-state index contributed by atoms with van der Waals surface area (Å²) in [5.74, 6) is -1.36. The molecule has 1 aromatic carbocycles. The van der Waals surface area contributed by atoms with Crippen molar-refractivity contribution in [3.63, 3.8) is 0 Å². The van der Waals surface area contributed by atoms with Gasteiger partial charge in [0, 0.05) is 6.20 Å². The van der Waals surface area contributed by atoms with Gasteiger partial charge in [-0.15, -0.1) is 0 Å². The van der Waals surface area contributed by atoms with Gasteiger partial charge in [-0.2, -0.15) is 0 Å². The lowest BCUT2D eigenvalue weighted by Gasteiger charge is -2.08. The lowest BCUT2D eigenvalue weighted by molar-refractivity contribution is 0.102. The highest BCUT2D eigenvalue weighted by atomic mass is 19.1. The second-order valence-corrected chi connectivity index (χ2v) is 3.83. The van der Waals surface area contributed by atoms with Gasteiger partial charge in [-0.05, 0) is 30.7 Å². The number of nitrogens with one attached hydrogen (secondary N) is 1. The molecule has 2 N–H and O–H groups in total. The first-order valence-electron chi connectivity index (χ1n) is 5.28. The molecule has 0 unspecified atom stereocenters. The maximum atomic E-state index is 13.5. The Morgan fingerprint density at radius 1 is 1.39 bits per heavy atom. The summed E-state index contributed by atoms with van der Waals surface area (Å²) in [5, 5.41) is 11.9. The van der Waals surface area contributed by atoms with Crippen molar-refractivity contribution in [2.75, 3.05) is 5.32 Å². The molecule has 4 nitrogen and oxygen atoms in total. The van der Waals surface area contributed by atoms with Crippen LogP contribution in [0.15, 0.2) is 36.7 Å². The predicted octanol–water partition coefficient (Wildman–Crippen LogP) is 2.49. The first-order chi connectivity index (χ1) is 8.58. The molecule has 2 aromatic rings. The average Bonchev–Trinajstić information content (AvgIpc) is 2.34. The number of hydrogen-bond donors (Lipinski definition) is 2. The first-order valence-corrected chi connectivity index (χ1v) is 5.28. The van der Waals surface area contributed by atoms with Gasteiger partial charge in [0.25, 0.3) is 5.91 Å². The van der Waals surface area contributed by atoms with E-state index in [1.165, 1.54) is 24.4 Å². The van der Waals surface area contributed by atoms with Crippen LogP contribution < -0.4 is 5.32 Å². The number of nitrogens with zero attached hydrogens (tertiary/aromatic N) is 1. The Morgan fingerprint density at radius 3 is 2.89 bits per heavy atom. The smallest absolute Gasteiger partial charge is 0.259 e. The summed E-state index contributed by atoms with van der Waals surface area (Å²) in [6.45, 7) is 1.79. The van der Waals surface area contributed by atoms with Crippen LogP contribution in [-0.4, -0.2) is 16.0 Å². The van der Waals surface area contributed by atoms with E-state index in [1.54, 1.807) is 13.0 Å². The second kappa shape index (κ2) is 4.83. The zero-order chi connectivity index (χ0) is 13.1. The van der Waals surface area contributed by atoms with E-state index in [0.717, 1.165) is 11.8 Å². The number of carbonyl (C=O) groups excluding carboxylic acids is 1. The second-order valence-electron chi connectivity index (χ2n) is 3.83. The topological polar surface area (TPSA) is 62.2 Å². The van der Waals surface area contributed by atoms with E-state index in [1.807, 2.05) is 0 Å². The number of hydrogen-bond acceptors (Lipinski definition) is 3. The number of anilines is 1. The fourth-order valence-corrected chi connectivity index (χ4v) is 1.50. The molecule has 92 valence electrons. The van der Waals surface area contributed by atoms with Crippen LogP contribution in [0.4, 0.5) is 10.1 Å². The van der Waals surface area contributed by atoms with Crippen LogP contribution in [0.5, 0.6) is 5.75 Å². The fourth-order valence-electron chi connectivity index (χ4n) is 1.50. The minimum atomic E-state index is -0.584. The van der Waals surface area contributed by atoms with Crippen molar-refractivity contribution >= 4 is 11.6 Å². The van der Waals surface area contributed by atoms with E-state index in [2.05, 4.69) is 10.3 Å². The van der Waals surface area contributed by atoms with Gasteiger partial charge in [0.05, 0.1) is 17.4 Å². The van der Waals surface area contributed by atoms with Crippen molar-refractivity contribution in [1.82, 2.24) is 4.98 Å². The van der Waals surface area contributed by atoms with Crippen LogP contribution in [-0.2, 0) is 0 Å². The van der Waals surface area contributed by atoms with E-state index < -0.39 is 11.7 Å². The maximum Gasteiger partial charge on any atom is 0.259 e. The van der Waals surface area contributed by atoms with E-state index >= 15 is 0 Å². The van der Waals surface area contributed by atoms with Crippen LogP contribution >= 0.6 is 0 Å². The number of halogens is 1. The molecule has 0 aliphatic carbocycles. The molecular weight excluding hydrogens is 235 g/mol. The van der Waals surface area contributed by atoms with Crippen molar-refractivity contribution in [1.29, 1.82) is 0 Å². The van der Waals surface area contributed by atoms with E-state index in [9.17, 15) is 14.3 Å². The minimum absolute atomic E-state index is 0.0471. The van der Waals surface area contributed by atoms with Crippen LogP contribution in [0.25, 0.3) is 0 Å². The number of aryl methyl sites for hydroxylation is 1. The molecule has 0 bridgehead atoms. The van der Waals surface area contributed by atoms with Crippen LogP contribution in [0.2, 0.25) is 0 Å². The highest BCUT2D eigenvalue weighted by molar-refractivity contribution is 6.06. The van der Waals surface area contributed by atoms with Crippen molar-refractivity contribution in [3.05, 3.63) is 53.6 Å². The third-order valence-electron chi connectivity index (χ3n) is 2.41. The standard InChI is InChI=1S/C13H11FN2O2/c1-8-2-3-10(14)11(6-8)16-13(18)9-4-5-15-7-12(9)17/h2-7,17H,1H3,(H,16,18). The molecule has 0 radical (unpaired) electrons. The summed E-state index contributed by atoms with van der Waals surface area (Å²) in [6.07, 6.45) is 2.53. The average molecular weight is 246 g/mol. The highest BCUT2D eigenvalue weighted by Crippen LogP contribution is 2.19. The quantitative estimate of drug-likeness (QED) is 0.855. The Hall–Kier alpha value is -2.43. The molecule has 5 heteroatoms. The van der Waals surface area contributed by atoms with E-state index in [0.29, 0.717) is 0 Å². The number of pyridine rings is 1. The number of aromatic hydroxyl groups is 1. The molecule has 0 atom stereocenters. The first kappa shape index (κ1) is 12.0. The summed E-state index contributed by atoms with van der Waals surface area (Å²) < 4.78 is 13.5. The molecule has 0 saturated heterocycles. The van der Waals surface area contributed by atoms with E-state index in [-0.39, 0.29) is 17.0 Å². The third-order valence-corrected chi connectivity index (χ3v) is 2.41. The Bertz CT molecular complexity index is 599. The number of benzene rings is 1. The fraction of sp³-hybridized carbons (Fsp3) is 0.0769. The molecule has 18 heavy (non-hydrogen) atoms. The molecular formula is C13H11FN2O2. The number of amides is 1. The Kier molecular flexibility index (Phi) is 3.23. The zero-order valence-corrected chi connectivity index (χ0v) is 9.64. The van der Waals surface area contributed by atoms with Gasteiger partial charge in [0.15, 0.2) is 0 Å². The van der Waals surface area contributed by atoms with Crippen molar-refractivity contribution in [3.8, 4) is 5.75 Å². The van der Waals surface area contributed by atoms with Gasteiger partial charge in [0.2, 0.25) is 0 Å². The Morgan fingerprint density at radius 2 is 2.17 bits per heavy atom. The molecule has 0 fully saturated rings. The van der Waals surface area contributed by atoms with Crippen molar-refractivity contribution in [2.45, 2.75) is 6.92 Å². The van der Waals surface area contributed by atoms with E-state index in [4.69, 9.17) is 0 Å². The molecule has 0 saturated carbocycles. The summed E-state index contributed by atoms with van der Waals surface area (Å²) in [6, 6.07) is 5.76. The highest BCUT2D eigenvalue weighted by Gasteiger charge is 2.12. The van der Waals surface area contributed by atoms with Gasteiger partial charge in [0.1, 0.15) is 11.6 Å². The van der Waals surface area contributed by atoms with Gasteiger partial charge < -0.3 is 10.4 Å². The predicted molar refractivity (Wildman–Crippen MR) is 65.0 cm³/mol. The van der Waals surface area contributed by atoms with Crippen LogP contribution in [0.3, 0.4) is 0 Å². The summed E-state index contributed by atoms with van der Waals surface area (Å²) >= 11 is 0. The van der Waals surface area contributed by atoms with Crippen LogP contribution in [0, 0.1) is 12.7 Å². The normalized spacial score (nSPS) is 10.1. The number of aromatic nitrogens is 1. The van der Waals surface area contributed by atoms with Gasteiger partial charge in [-0.1, -0.05) is 6.07 Å². The third kappa shape index (κ3) is 2.45. The minimum Gasteiger partial charge on any atom is -0.505 e. The lowest BCUT2D eigenvalue weighted by atomic mass is 10.2. The van der Waals surface area contributed by atoms with Crippen molar-refractivity contribution < 1.29 is 14.3 Å². The van der Waals surface area contributed by atoms with Gasteiger partial charge >= 0.3 is 0 Å². The zero-order valence-electron chi connectivity index (χ0n) is 9.64. The van der Waals surface area contributed by atoms with Crippen molar-refractivity contribution in [2.24, 2.45) is 0 Å². The van der Waals surface area contributed by atoms with Crippen LogP contribution in [0.1, 0.15) is 15.9 Å². The SMILES string of the molecule is Cc1ccc(F)c(NC(=O)c2ccncc2O)c1. The molecule has 1 heterocycles. The summed E-state index contributed by atoms with van der Waals surface area (Å²) in [5.41, 5.74) is 0.952. The molecule has 1 aromatic heterocycles. The Balaban J connectivity index is 2.27. The number of carbonyl (C=O) groups is 1. The Labute approximate surface area is 103 Å². The monoisotopic (exact) mass is 246 g/mol. The van der Waals surface area contributed by atoms with Gasteiger partial charge in [-0.3, -0.25) is 9.78 Å². The number of rotatable bonds is 2. The van der Waals surface area contributed by atoms with Gasteiger partial charge in [-0.25, -0.2) is 4.39 Å². The largest absolute Gasteiger partial charge is 0.505 e. The molecule has 0 spiro atoms. The lowest BCUT2D eigenvalue weighted by Crippen LogP contribution is -2.13. The molecule has 1 amide bonds. The molecule has 0 aliphatic heterocycles. The summed E-state index contributed by atoms with van der Waals surface area (Å²) in [7, 11) is 0.